The molecule has 0 bridgehead atoms. The van der Waals surface area contributed by atoms with Gasteiger partial charge in [-0.05, 0) is 19.1 Å². The summed E-state index contributed by atoms with van der Waals surface area (Å²) in [5.41, 5.74) is 0.822. The highest BCUT2D eigenvalue weighted by Crippen LogP contribution is 2.20. The van der Waals surface area contributed by atoms with E-state index in [4.69, 9.17) is 16.1 Å². The predicted octanol–water partition coefficient (Wildman–Crippen LogP) is 2.68. The second kappa shape index (κ2) is 11.3. The molecule has 158 valence electrons. The Morgan fingerprint density at radius 1 is 1.28 bits per heavy atom. The third-order valence-corrected chi connectivity index (χ3v) is 4.73. The van der Waals surface area contributed by atoms with Crippen LogP contribution in [0.25, 0.3) is 11.4 Å². The van der Waals surface area contributed by atoms with Crippen LogP contribution in [0.1, 0.15) is 19.7 Å². The fraction of sp³-hybridized carbons (Fsp3) is 0.474. The number of aromatic nitrogens is 2. The van der Waals surface area contributed by atoms with E-state index in [-0.39, 0.29) is 29.9 Å². The fourth-order valence-corrected chi connectivity index (χ4v) is 3.21. The maximum absolute atomic E-state index is 11.5. The molecule has 3 rings (SSSR count). The monoisotopic (exact) mass is 532 g/mol. The summed E-state index contributed by atoms with van der Waals surface area (Å²) in [5.74, 6) is 2.03. The quantitative estimate of drug-likeness (QED) is 0.362. The number of piperazine rings is 1. The van der Waals surface area contributed by atoms with Gasteiger partial charge in [-0.2, -0.15) is 4.98 Å². The lowest BCUT2D eigenvalue weighted by molar-refractivity contribution is -0.130. The lowest BCUT2D eigenvalue weighted by atomic mass is 10.2. The number of rotatable bonds is 5. The molecular weight excluding hydrogens is 507 g/mol. The zero-order valence-electron chi connectivity index (χ0n) is 16.6. The highest BCUT2D eigenvalue weighted by Gasteiger charge is 2.20. The number of amides is 1. The summed E-state index contributed by atoms with van der Waals surface area (Å²) in [6.45, 7) is 7.93. The number of nitrogens with one attached hydrogen (secondary N) is 1. The van der Waals surface area contributed by atoms with Gasteiger partial charge in [0, 0.05) is 56.7 Å². The number of benzene rings is 1. The van der Waals surface area contributed by atoms with Crippen molar-refractivity contribution in [2.24, 2.45) is 4.99 Å². The van der Waals surface area contributed by atoms with Crippen molar-refractivity contribution in [2.75, 3.05) is 39.3 Å². The summed E-state index contributed by atoms with van der Waals surface area (Å²) in [7, 11) is 0. The maximum Gasteiger partial charge on any atom is 0.228 e. The molecule has 1 aliphatic rings. The van der Waals surface area contributed by atoms with Crippen molar-refractivity contribution in [3.05, 3.63) is 35.2 Å². The highest BCUT2D eigenvalue weighted by molar-refractivity contribution is 14.0. The number of nitrogens with zero attached hydrogens (tertiary/aromatic N) is 5. The molecule has 1 amide bonds. The van der Waals surface area contributed by atoms with Crippen molar-refractivity contribution in [1.29, 1.82) is 0 Å². The third kappa shape index (κ3) is 6.56. The van der Waals surface area contributed by atoms with Gasteiger partial charge in [0.1, 0.15) is 0 Å². The van der Waals surface area contributed by atoms with Gasteiger partial charge in [-0.1, -0.05) is 28.9 Å². The second-order valence-electron chi connectivity index (χ2n) is 6.50. The molecule has 1 aromatic heterocycles. The van der Waals surface area contributed by atoms with Gasteiger partial charge in [-0.15, -0.1) is 24.0 Å². The Balaban J connectivity index is 0.00000300. The van der Waals surface area contributed by atoms with Crippen molar-refractivity contribution in [2.45, 2.75) is 20.3 Å². The molecule has 0 atom stereocenters. The Bertz CT molecular complexity index is 836. The van der Waals surface area contributed by atoms with Crippen molar-refractivity contribution in [3.63, 3.8) is 0 Å². The largest absolute Gasteiger partial charge is 0.357 e. The number of halogens is 2. The summed E-state index contributed by atoms with van der Waals surface area (Å²) in [6.07, 6.45) is 0.551. The van der Waals surface area contributed by atoms with Crippen LogP contribution in [0, 0.1) is 0 Å². The molecule has 10 heteroatoms. The van der Waals surface area contributed by atoms with Crippen LogP contribution in [0.3, 0.4) is 0 Å². The highest BCUT2D eigenvalue weighted by atomic mass is 127. The Morgan fingerprint density at radius 3 is 2.66 bits per heavy atom. The van der Waals surface area contributed by atoms with E-state index in [0.717, 1.165) is 31.2 Å². The van der Waals surface area contributed by atoms with Crippen molar-refractivity contribution < 1.29 is 9.32 Å². The van der Waals surface area contributed by atoms with E-state index < -0.39 is 0 Å². The van der Waals surface area contributed by atoms with Gasteiger partial charge in [0.25, 0.3) is 0 Å². The van der Waals surface area contributed by atoms with E-state index in [0.29, 0.717) is 42.8 Å². The topological polar surface area (TPSA) is 86.9 Å². The van der Waals surface area contributed by atoms with Crippen LogP contribution in [0.15, 0.2) is 33.8 Å². The van der Waals surface area contributed by atoms with E-state index in [1.165, 1.54) is 0 Å². The van der Waals surface area contributed by atoms with E-state index >= 15 is 0 Å². The van der Waals surface area contributed by atoms with Gasteiger partial charge in [-0.25, -0.2) is 0 Å². The lowest BCUT2D eigenvalue weighted by Crippen LogP contribution is -2.53. The third-order valence-electron chi connectivity index (χ3n) is 4.50. The average molecular weight is 533 g/mol. The van der Waals surface area contributed by atoms with Crippen LogP contribution in [-0.2, 0) is 11.2 Å². The first-order valence-corrected chi connectivity index (χ1v) is 9.82. The first-order chi connectivity index (χ1) is 13.6. The number of hydrogen-bond donors (Lipinski definition) is 1. The van der Waals surface area contributed by atoms with Gasteiger partial charge in [0.15, 0.2) is 5.96 Å². The number of hydrogen-bond acceptors (Lipinski definition) is 5. The van der Waals surface area contributed by atoms with Gasteiger partial charge in [-0.3, -0.25) is 9.79 Å². The minimum Gasteiger partial charge on any atom is -0.357 e. The van der Waals surface area contributed by atoms with Crippen LogP contribution in [-0.4, -0.2) is 71.1 Å². The Morgan fingerprint density at radius 2 is 2.00 bits per heavy atom. The molecule has 0 unspecified atom stereocenters. The van der Waals surface area contributed by atoms with E-state index in [1.807, 2.05) is 24.0 Å². The molecular formula is C19H26ClIN6O2. The molecule has 0 radical (unpaired) electrons. The summed E-state index contributed by atoms with van der Waals surface area (Å²) in [4.78, 5) is 24.6. The molecule has 2 aromatic rings. The molecule has 0 saturated carbocycles. The van der Waals surface area contributed by atoms with E-state index in [9.17, 15) is 4.79 Å². The van der Waals surface area contributed by atoms with Gasteiger partial charge in [0.2, 0.25) is 17.6 Å². The van der Waals surface area contributed by atoms with Gasteiger partial charge in [0.05, 0.1) is 6.54 Å². The fourth-order valence-electron chi connectivity index (χ4n) is 3.02. The van der Waals surface area contributed by atoms with E-state index in [1.54, 1.807) is 19.1 Å². The zero-order valence-corrected chi connectivity index (χ0v) is 19.7. The standard InChI is InChI=1S/C19H25ClN6O2.HI/c1-3-21-19(26-11-9-25(10-12-26)14(2)27)22-8-7-17-23-18(24-28-17)15-5-4-6-16(20)13-15;/h4-6,13H,3,7-12H2,1-2H3,(H,21,22);1H. The molecule has 8 nitrogen and oxygen atoms in total. The summed E-state index contributed by atoms with van der Waals surface area (Å²) >= 11 is 6.01. The number of carbonyl (C=O) groups excluding carboxylic acids is 1. The minimum absolute atomic E-state index is 0. The molecule has 1 N–H and O–H groups in total. The molecule has 2 heterocycles. The predicted molar refractivity (Wildman–Crippen MR) is 124 cm³/mol. The van der Waals surface area contributed by atoms with Crippen LogP contribution in [0.4, 0.5) is 0 Å². The Kier molecular flexibility index (Phi) is 9.15. The molecule has 1 saturated heterocycles. The SMILES string of the molecule is CCNC(=NCCc1nc(-c2cccc(Cl)c2)no1)N1CCN(C(C)=O)CC1.I. The van der Waals surface area contributed by atoms with Gasteiger partial charge < -0.3 is 19.6 Å². The van der Waals surface area contributed by atoms with E-state index in [2.05, 4.69) is 25.3 Å². The zero-order chi connectivity index (χ0) is 19.9. The maximum atomic E-state index is 11.5. The number of carbonyl (C=O) groups is 1. The molecule has 1 aliphatic heterocycles. The van der Waals surface area contributed by atoms with Crippen molar-refractivity contribution >= 4 is 47.4 Å². The summed E-state index contributed by atoms with van der Waals surface area (Å²) in [6, 6.07) is 7.35. The van der Waals surface area contributed by atoms with Crippen LogP contribution < -0.4 is 5.32 Å². The first-order valence-electron chi connectivity index (χ1n) is 9.44. The molecule has 0 aliphatic carbocycles. The smallest absolute Gasteiger partial charge is 0.228 e. The first kappa shape index (κ1) is 23.4. The van der Waals surface area contributed by atoms with Crippen LogP contribution >= 0.6 is 35.6 Å². The molecule has 1 fully saturated rings. The average Bonchev–Trinajstić information content (AvgIpc) is 3.16. The van der Waals surface area contributed by atoms with Crippen molar-refractivity contribution in [1.82, 2.24) is 25.3 Å². The van der Waals surface area contributed by atoms with Crippen molar-refractivity contribution in [3.8, 4) is 11.4 Å². The lowest BCUT2D eigenvalue weighted by Gasteiger charge is -2.36. The number of guanidine groups is 1. The van der Waals surface area contributed by atoms with Crippen LogP contribution in [0.5, 0.6) is 0 Å². The summed E-state index contributed by atoms with van der Waals surface area (Å²) < 4.78 is 5.33. The molecule has 0 spiro atoms. The summed E-state index contributed by atoms with van der Waals surface area (Å²) in [5, 5.41) is 7.96. The van der Waals surface area contributed by atoms with Gasteiger partial charge >= 0.3 is 0 Å². The minimum atomic E-state index is 0. The number of aliphatic imine (C=N–C) groups is 1. The Hall–Kier alpha value is -1.88. The second-order valence-corrected chi connectivity index (χ2v) is 6.94. The van der Waals surface area contributed by atoms with Crippen LogP contribution in [0.2, 0.25) is 5.02 Å². The Labute approximate surface area is 192 Å². The normalized spacial score (nSPS) is 14.5. The molecule has 1 aromatic carbocycles. The molecule has 29 heavy (non-hydrogen) atoms.